The summed E-state index contributed by atoms with van der Waals surface area (Å²) in [6, 6.07) is 7.79. The highest BCUT2D eigenvalue weighted by Gasteiger charge is 2.22. The zero-order chi connectivity index (χ0) is 15.7. The molecule has 5 nitrogen and oxygen atoms in total. The number of rotatable bonds is 2. The largest absolute Gasteiger partial charge is 0.332 e. The maximum atomic E-state index is 12.3. The van der Waals surface area contributed by atoms with Gasteiger partial charge in [0.05, 0.1) is 17.9 Å². The van der Waals surface area contributed by atoms with Crippen molar-refractivity contribution in [3.63, 3.8) is 0 Å². The average Bonchev–Trinajstić information content (AvgIpc) is 2.82. The van der Waals surface area contributed by atoms with Crippen LogP contribution < -0.4 is 5.32 Å². The number of hydrogen-bond donors (Lipinski definition) is 1. The summed E-state index contributed by atoms with van der Waals surface area (Å²) in [6.07, 6.45) is 0.799. The molecule has 0 fully saturated rings. The number of aromatic nitrogens is 2. The van der Waals surface area contributed by atoms with Crippen molar-refractivity contribution in [2.45, 2.75) is 26.4 Å². The first-order valence-corrected chi connectivity index (χ1v) is 7.71. The van der Waals surface area contributed by atoms with Gasteiger partial charge in [0, 0.05) is 25.2 Å². The fourth-order valence-electron chi connectivity index (χ4n) is 2.84. The van der Waals surface area contributed by atoms with Gasteiger partial charge in [0.2, 0.25) is 0 Å². The van der Waals surface area contributed by atoms with E-state index in [0.29, 0.717) is 19.6 Å². The van der Waals surface area contributed by atoms with Crippen LogP contribution in [-0.2, 0) is 26.6 Å². The van der Waals surface area contributed by atoms with E-state index in [1.54, 1.807) is 4.68 Å². The minimum Gasteiger partial charge on any atom is -0.332 e. The quantitative estimate of drug-likeness (QED) is 0.925. The summed E-state index contributed by atoms with van der Waals surface area (Å²) >= 11 is 6.20. The van der Waals surface area contributed by atoms with Crippen LogP contribution >= 0.6 is 11.6 Å². The van der Waals surface area contributed by atoms with Crippen LogP contribution in [0.25, 0.3) is 0 Å². The summed E-state index contributed by atoms with van der Waals surface area (Å²) in [5, 5.41) is 8.03. The third-order valence-electron chi connectivity index (χ3n) is 4.02. The lowest BCUT2D eigenvalue weighted by atomic mass is 10.00. The standard InChI is InChI=1S/C16H19ClN4O/c1-11-8-13(20(2)19-11)9-18-16(22)21-7-6-14-12(10-21)4-3-5-15(14)17/h3-5,8H,6-7,9-10H2,1-2H3,(H,18,22). The van der Waals surface area contributed by atoms with Gasteiger partial charge in [0.25, 0.3) is 0 Å². The van der Waals surface area contributed by atoms with Gasteiger partial charge >= 0.3 is 6.03 Å². The lowest BCUT2D eigenvalue weighted by Gasteiger charge is -2.29. The first-order chi connectivity index (χ1) is 10.5. The van der Waals surface area contributed by atoms with Crippen molar-refractivity contribution in [2.75, 3.05) is 6.54 Å². The molecule has 2 amide bonds. The Morgan fingerprint density at radius 2 is 2.27 bits per heavy atom. The van der Waals surface area contributed by atoms with Gasteiger partial charge < -0.3 is 10.2 Å². The first-order valence-electron chi connectivity index (χ1n) is 7.33. The number of urea groups is 1. The van der Waals surface area contributed by atoms with Crippen molar-refractivity contribution < 1.29 is 4.79 Å². The molecule has 1 aliphatic rings. The molecule has 3 rings (SSSR count). The normalized spacial score (nSPS) is 13.9. The number of aryl methyl sites for hydroxylation is 2. The number of benzene rings is 1. The Kier molecular flexibility index (Phi) is 4.07. The summed E-state index contributed by atoms with van der Waals surface area (Å²) in [4.78, 5) is 14.2. The van der Waals surface area contributed by atoms with Gasteiger partial charge in [-0.05, 0) is 36.6 Å². The van der Waals surface area contributed by atoms with E-state index in [4.69, 9.17) is 11.6 Å². The van der Waals surface area contributed by atoms with Gasteiger partial charge in [-0.2, -0.15) is 5.10 Å². The Hall–Kier alpha value is -2.01. The second kappa shape index (κ2) is 6.01. The lowest BCUT2D eigenvalue weighted by Crippen LogP contribution is -2.42. The maximum Gasteiger partial charge on any atom is 0.318 e. The van der Waals surface area contributed by atoms with Crippen LogP contribution in [0.2, 0.25) is 5.02 Å². The molecule has 1 aromatic heterocycles. The third-order valence-corrected chi connectivity index (χ3v) is 4.37. The molecule has 0 atom stereocenters. The highest BCUT2D eigenvalue weighted by atomic mass is 35.5. The van der Waals surface area contributed by atoms with E-state index in [-0.39, 0.29) is 6.03 Å². The van der Waals surface area contributed by atoms with E-state index in [0.717, 1.165) is 34.0 Å². The molecule has 0 bridgehead atoms. The molecule has 2 heterocycles. The Labute approximate surface area is 134 Å². The van der Waals surface area contributed by atoms with Gasteiger partial charge in [-0.15, -0.1) is 0 Å². The smallest absolute Gasteiger partial charge is 0.318 e. The van der Waals surface area contributed by atoms with Crippen LogP contribution in [0.15, 0.2) is 24.3 Å². The predicted molar refractivity (Wildman–Crippen MR) is 85.7 cm³/mol. The number of amides is 2. The Balaban J connectivity index is 1.63. The molecular weight excluding hydrogens is 300 g/mol. The molecule has 2 aromatic rings. The van der Waals surface area contributed by atoms with E-state index < -0.39 is 0 Å². The summed E-state index contributed by atoms with van der Waals surface area (Å²) in [6.45, 7) is 3.71. The average molecular weight is 319 g/mol. The molecule has 22 heavy (non-hydrogen) atoms. The second-order valence-corrected chi connectivity index (χ2v) is 6.02. The molecule has 0 aliphatic carbocycles. The van der Waals surface area contributed by atoms with E-state index in [2.05, 4.69) is 10.4 Å². The molecule has 0 unspecified atom stereocenters. The van der Waals surface area contributed by atoms with Crippen molar-refractivity contribution in [2.24, 2.45) is 7.05 Å². The summed E-state index contributed by atoms with van der Waals surface area (Å²) in [7, 11) is 1.88. The predicted octanol–water partition coefficient (Wildman–Crippen LogP) is 2.65. The number of halogens is 1. The van der Waals surface area contributed by atoms with Crippen LogP contribution in [0.1, 0.15) is 22.5 Å². The molecule has 1 aliphatic heterocycles. The third kappa shape index (κ3) is 2.95. The zero-order valence-electron chi connectivity index (χ0n) is 12.8. The number of nitrogens with zero attached hydrogens (tertiary/aromatic N) is 3. The zero-order valence-corrected chi connectivity index (χ0v) is 13.5. The molecule has 116 valence electrons. The Morgan fingerprint density at radius 3 is 3.00 bits per heavy atom. The fourth-order valence-corrected chi connectivity index (χ4v) is 3.13. The number of nitrogens with one attached hydrogen (secondary N) is 1. The maximum absolute atomic E-state index is 12.3. The summed E-state index contributed by atoms with van der Waals surface area (Å²) in [5.41, 5.74) is 4.24. The van der Waals surface area contributed by atoms with Gasteiger partial charge in [0.15, 0.2) is 0 Å². The lowest BCUT2D eigenvalue weighted by molar-refractivity contribution is 0.191. The number of carbonyl (C=O) groups excluding carboxylic acids is 1. The molecule has 0 spiro atoms. The van der Waals surface area contributed by atoms with Crippen molar-refractivity contribution in [1.82, 2.24) is 20.0 Å². The van der Waals surface area contributed by atoms with Crippen LogP contribution in [0.3, 0.4) is 0 Å². The highest BCUT2D eigenvalue weighted by Crippen LogP contribution is 2.25. The van der Waals surface area contributed by atoms with Crippen molar-refractivity contribution in [3.05, 3.63) is 51.8 Å². The molecule has 0 radical (unpaired) electrons. The van der Waals surface area contributed by atoms with Crippen LogP contribution in [0.4, 0.5) is 4.79 Å². The van der Waals surface area contributed by atoms with E-state index in [9.17, 15) is 4.79 Å². The van der Waals surface area contributed by atoms with Crippen LogP contribution in [0.5, 0.6) is 0 Å². The SMILES string of the molecule is Cc1cc(CNC(=O)N2CCc3c(Cl)cccc3C2)n(C)n1. The van der Waals surface area contributed by atoms with Crippen molar-refractivity contribution in [3.8, 4) is 0 Å². The number of hydrogen-bond acceptors (Lipinski definition) is 2. The summed E-state index contributed by atoms with van der Waals surface area (Å²) in [5.74, 6) is 0. The Bertz CT molecular complexity index is 710. The first kappa shape index (κ1) is 14.9. The number of carbonyl (C=O) groups is 1. The molecule has 0 saturated carbocycles. The Morgan fingerprint density at radius 1 is 1.45 bits per heavy atom. The van der Waals surface area contributed by atoms with Crippen LogP contribution in [-0.4, -0.2) is 27.3 Å². The van der Waals surface area contributed by atoms with Crippen molar-refractivity contribution >= 4 is 17.6 Å². The monoisotopic (exact) mass is 318 g/mol. The molecular formula is C16H19ClN4O. The second-order valence-electron chi connectivity index (χ2n) is 5.61. The highest BCUT2D eigenvalue weighted by molar-refractivity contribution is 6.31. The minimum absolute atomic E-state index is 0.0514. The molecule has 1 aromatic carbocycles. The number of fused-ring (bicyclic) bond motifs is 1. The van der Waals surface area contributed by atoms with Gasteiger partial charge in [-0.1, -0.05) is 23.7 Å². The van der Waals surface area contributed by atoms with Gasteiger partial charge in [-0.25, -0.2) is 4.79 Å². The molecule has 1 N–H and O–H groups in total. The van der Waals surface area contributed by atoms with Crippen LogP contribution in [0, 0.1) is 6.92 Å². The van der Waals surface area contributed by atoms with Gasteiger partial charge in [0.1, 0.15) is 0 Å². The molecule has 0 saturated heterocycles. The topological polar surface area (TPSA) is 50.2 Å². The fraction of sp³-hybridized carbons (Fsp3) is 0.375. The van der Waals surface area contributed by atoms with E-state index in [1.807, 2.05) is 43.1 Å². The van der Waals surface area contributed by atoms with Crippen molar-refractivity contribution in [1.29, 1.82) is 0 Å². The summed E-state index contributed by atoms with van der Waals surface area (Å²) < 4.78 is 1.79. The molecule has 6 heteroatoms. The van der Waals surface area contributed by atoms with E-state index >= 15 is 0 Å². The minimum atomic E-state index is -0.0514. The van der Waals surface area contributed by atoms with Gasteiger partial charge in [-0.3, -0.25) is 4.68 Å². The van der Waals surface area contributed by atoms with E-state index in [1.165, 1.54) is 0 Å².